The average molecular weight is 240 g/mol. The van der Waals surface area contributed by atoms with E-state index in [9.17, 15) is 0 Å². The largest absolute Gasteiger partial charge is 0.488 e. The van der Waals surface area contributed by atoms with Crippen molar-refractivity contribution in [2.75, 3.05) is 0 Å². The number of aryl methyl sites for hydroxylation is 1. The van der Waals surface area contributed by atoms with Crippen LogP contribution in [0.2, 0.25) is 0 Å². The summed E-state index contributed by atoms with van der Waals surface area (Å²) in [6.45, 7) is 2.61. The van der Waals surface area contributed by atoms with E-state index in [1.54, 1.807) is 6.21 Å². The van der Waals surface area contributed by atoms with Crippen LogP contribution >= 0.6 is 0 Å². The summed E-state index contributed by atoms with van der Waals surface area (Å²) in [5.74, 6) is 5.96. The molecule has 0 heterocycles. The molecular formula is C15H16N2O. The fourth-order valence-corrected chi connectivity index (χ4v) is 1.76. The molecular weight excluding hydrogens is 224 g/mol. The van der Waals surface area contributed by atoms with Crippen LogP contribution in [0.25, 0.3) is 0 Å². The van der Waals surface area contributed by atoms with Gasteiger partial charge < -0.3 is 10.6 Å². The number of hydrogen-bond acceptors (Lipinski definition) is 3. The van der Waals surface area contributed by atoms with Crippen molar-refractivity contribution in [3.63, 3.8) is 0 Å². The van der Waals surface area contributed by atoms with E-state index < -0.39 is 0 Å². The molecule has 0 fully saturated rings. The Morgan fingerprint density at radius 2 is 2.00 bits per heavy atom. The molecule has 92 valence electrons. The fraction of sp³-hybridized carbons (Fsp3) is 0.133. The molecule has 0 radical (unpaired) electrons. The molecule has 0 atom stereocenters. The molecule has 2 aromatic carbocycles. The first-order chi connectivity index (χ1) is 8.79. The van der Waals surface area contributed by atoms with Crippen molar-refractivity contribution < 1.29 is 4.74 Å². The van der Waals surface area contributed by atoms with E-state index in [0.717, 1.165) is 16.9 Å². The summed E-state index contributed by atoms with van der Waals surface area (Å²) in [4.78, 5) is 0. The van der Waals surface area contributed by atoms with Gasteiger partial charge in [-0.1, -0.05) is 42.0 Å². The van der Waals surface area contributed by atoms with Gasteiger partial charge in [-0.05, 0) is 24.6 Å². The predicted octanol–water partition coefficient (Wildman–Crippen LogP) is 2.87. The summed E-state index contributed by atoms with van der Waals surface area (Å²) in [7, 11) is 0. The van der Waals surface area contributed by atoms with Crippen molar-refractivity contribution in [2.24, 2.45) is 10.9 Å². The lowest BCUT2D eigenvalue weighted by atomic mass is 10.1. The third kappa shape index (κ3) is 3.10. The second-order valence-corrected chi connectivity index (χ2v) is 4.09. The smallest absolute Gasteiger partial charge is 0.128 e. The van der Waals surface area contributed by atoms with Gasteiger partial charge in [0.2, 0.25) is 0 Å². The monoisotopic (exact) mass is 240 g/mol. The Hall–Kier alpha value is -2.29. The lowest BCUT2D eigenvalue weighted by Crippen LogP contribution is -1.99. The number of para-hydroxylation sites is 1. The van der Waals surface area contributed by atoms with E-state index in [1.165, 1.54) is 5.56 Å². The Labute approximate surface area is 107 Å². The van der Waals surface area contributed by atoms with Crippen LogP contribution in [0, 0.1) is 6.92 Å². The zero-order valence-corrected chi connectivity index (χ0v) is 10.3. The normalized spacial score (nSPS) is 10.7. The summed E-state index contributed by atoms with van der Waals surface area (Å²) in [6, 6.07) is 15.9. The SMILES string of the molecule is Cc1cccc(COc2ccccc2C=NN)c1. The van der Waals surface area contributed by atoms with Crippen LogP contribution in [-0.4, -0.2) is 6.21 Å². The van der Waals surface area contributed by atoms with Crippen molar-refractivity contribution >= 4 is 6.21 Å². The number of rotatable bonds is 4. The lowest BCUT2D eigenvalue weighted by Gasteiger charge is -2.09. The summed E-state index contributed by atoms with van der Waals surface area (Å²) in [6.07, 6.45) is 1.59. The van der Waals surface area contributed by atoms with Crippen LogP contribution in [0.5, 0.6) is 5.75 Å². The maximum atomic E-state index is 5.78. The standard InChI is InChI=1S/C15H16N2O/c1-12-5-4-6-13(9-12)11-18-15-8-3-2-7-14(15)10-17-16/h2-10H,11,16H2,1H3. The summed E-state index contributed by atoms with van der Waals surface area (Å²) < 4.78 is 5.78. The van der Waals surface area contributed by atoms with Gasteiger partial charge in [0.15, 0.2) is 0 Å². The zero-order chi connectivity index (χ0) is 12.8. The van der Waals surface area contributed by atoms with Gasteiger partial charge in [0.1, 0.15) is 12.4 Å². The van der Waals surface area contributed by atoms with Gasteiger partial charge in [0.25, 0.3) is 0 Å². The summed E-state index contributed by atoms with van der Waals surface area (Å²) in [5.41, 5.74) is 3.26. The second-order valence-electron chi connectivity index (χ2n) is 4.09. The predicted molar refractivity (Wildman–Crippen MR) is 73.7 cm³/mol. The molecule has 0 unspecified atom stereocenters. The number of nitrogens with two attached hydrogens (primary N) is 1. The third-order valence-electron chi connectivity index (χ3n) is 2.61. The minimum atomic E-state index is 0.539. The number of nitrogens with zero attached hydrogens (tertiary/aromatic N) is 1. The van der Waals surface area contributed by atoms with Crippen molar-refractivity contribution in [3.05, 3.63) is 65.2 Å². The molecule has 0 aliphatic carbocycles. The average Bonchev–Trinajstić information content (AvgIpc) is 2.38. The topological polar surface area (TPSA) is 47.6 Å². The lowest BCUT2D eigenvalue weighted by molar-refractivity contribution is 0.305. The highest BCUT2D eigenvalue weighted by atomic mass is 16.5. The Morgan fingerprint density at radius 1 is 1.17 bits per heavy atom. The van der Waals surface area contributed by atoms with Crippen molar-refractivity contribution in [1.82, 2.24) is 0 Å². The summed E-state index contributed by atoms with van der Waals surface area (Å²) in [5, 5.41) is 3.53. The molecule has 3 heteroatoms. The molecule has 2 N–H and O–H groups in total. The fourth-order valence-electron chi connectivity index (χ4n) is 1.76. The first-order valence-electron chi connectivity index (χ1n) is 5.80. The Morgan fingerprint density at radius 3 is 2.78 bits per heavy atom. The van der Waals surface area contributed by atoms with E-state index in [-0.39, 0.29) is 0 Å². The molecule has 0 bridgehead atoms. The molecule has 0 saturated carbocycles. The number of hydrogen-bond donors (Lipinski definition) is 1. The molecule has 0 spiro atoms. The maximum Gasteiger partial charge on any atom is 0.128 e. The third-order valence-corrected chi connectivity index (χ3v) is 2.61. The van der Waals surface area contributed by atoms with Crippen LogP contribution in [-0.2, 0) is 6.61 Å². The quantitative estimate of drug-likeness (QED) is 0.507. The molecule has 0 saturated heterocycles. The van der Waals surface area contributed by atoms with E-state index in [4.69, 9.17) is 10.6 Å². The van der Waals surface area contributed by atoms with E-state index in [0.29, 0.717) is 6.61 Å². The first-order valence-corrected chi connectivity index (χ1v) is 5.80. The minimum absolute atomic E-state index is 0.539. The zero-order valence-electron chi connectivity index (χ0n) is 10.3. The first kappa shape index (κ1) is 12.2. The van der Waals surface area contributed by atoms with E-state index in [2.05, 4.69) is 24.2 Å². The van der Waals surface area contributed by atoms with Crippen LogP contribution in [0.4, 0.5) is 0 Å². The molecule has 0 aliphatic heterocycles. The molecule has 0 aromatic heterocycles. The Bertz CT molecular complexity index is 550. The number of ether oxygens (including phenoxy) is 1. The second kappa shape index (κ2) is 5.87. The minimum Gasteiger partial charge on any atom is -0.488 e. The molecule has 18 heavy (non-hydrogen) atoms. The van der Waals surface area contributed by atoms with Gasteiger partial charge in [-0.3, -0.25) is 0 Å². The van der Waals surface area contributed by atoms with Gasteiger partial charge in [-0.2, -0.15) is 5.10 Å². The number of benzene rings is 2. The molecule has 2 aromatic rings. The van der Waals surface area contributed by atoms with E-state index in [1.807, 2.05) is 36.4 Å². The Balaban J connectivity index is 2.10. The van der Waals surface area contributed by atoms with Crippen molar-refractivity contribution in [3.8, 4) is 5.75 Å². The van der Waals surface area contributed by atoms with Gasteiger partial charge in [-0.25, -0.2) is 0 Å². The maximum absolute atomic E-state index is 5.78. The van der Waals surface area contributed by atoms with Gasteiger partial charge >= 0.3 is 0 Å². The number of hydrazone groups is 1. The van der Waals surface area contributed by atoms with Crippen LogP contribution in [0.1, 0.15) is 16.7 Å². The van der Waals surface area contributed by atoms with Gasteiger partial charge in [-0.15, -0.1) is 0 Å². The Kier molecular flexibility index (Phi) is 3.97. The van der Waals surface area contributed by atoms with Crippen LogP contribution < -0.4 is 10.6 Å². The highest BCUT2D eigenvalue weighted by Crippen LogP contribution is 2.17. The molecule has 3 nitrogen and oxygen atoms in total. The molecule has 0 amide bonds. The highest BCUT2D eigenvalue weighted by Gasteiger charge is 2.01. The van der Waals surface area contributed by atoms with Gasteiger partial charge in [0.05, 0.1) is 6.21 Å². The van der Waals surface area contributed by atoms with Crippen LogP contribution in [0.15, 0.2) is 53.6 Å². The highest BCUT2D eigenvalue weighted by molar-refractivity contribution is 5.83. The van der Waals surface area contributed by atoms with Crippen molar-refractivity contribution in [2.45, 2.75) is 13.5 Å². The van der Waals surface area contributed by atoms with Crippen LogP contribution in [0.3, 0.4) is 0 Å². The van der Waals surface area contributed by atoms with Gasteiger partial charge in [0, 0.05) is 5.56 Å². The van der Waals surface area contributed by atoms with Crippen molar-refractivity contribution in [1.29, 1.82) is 0 Å². The molecule has 0 aliphatic rings. The molecule has 2 rings (SSSR count). The summed E-state index contributed by atoms with van der Waals surface area (Å²) >= 11 is 0. The van der Waals surface area contributed by atoms with E-state index >= 15 is 0 Å².